The summed E-state index contributed by atoms with van der Waals surface area (Å²) >= 11 is 1.12. The van der Waals surface area contributed by atoms with Crippen molar-refractivity contribution in [3.05, 3.63) is 57.5 Å². The standard InChI is InChI=1S/C22H23N3O5S/c1-15-18-20(23-14-25(21(18)27)13-17(26)24-9-5-6-10-24)31-19(15)22(28)30-12-11-29-16-7-3-2-4-8-16/h2-4,7-8,14H,5-6,9-13H2,1H3. The second kappa shape index (κ2) is 9.30. The Morgan fingerprint density at radius 3 is 2.61 bits per heavy atom. The van der Waals surface area contributed by atoms with Gasteiger partial charge in [-0.25, -0.2) is 9.78 Å². The first kappa shape index (κ1) is 21.0. The number of thiophene rings is 1. The average molecular weight is 442 g/mol. The molecule has 31 heavy (non-hydrogen) atoms. The van der Waals surface area contributed by atoms with E-state index in [1.807, 2.05) is 30.3 Å². The van der Waals surface area contributed by atoms with E-state index in [9.17, 15) is 14.4 Å². The molecule has 1 saturated heterocycles. The molecule has 3 heterocycles. The minimum Gasteiger partial charge on any atom is -0.490 e. The van der Waals surface area contributed by atoms with Crippen LogP contribution in [0.2, 0.25) is 0 Å². The van der Waals surface area contributed by atoms with Crippen LogP contribution in [0.15, 0.2) is 41.5 Å². The number of likely N-dealkylation sites (tertiary alicyclic amines) is 1. The molecule has 0 unspecified atom stereocenters. The Morgan fingerprint density at radius 1 is 1.13 bits per heavy atom. The Kier molecular flexibility index (Phi) is 6.31. The van der Waals surface area contributed by atoms with Crippen LogP contribution in [0.5, 0.6) is 5.75 Å². The van der Waals surface area contributed by atoms with Gasteiger partial charge in [0.05, 0.1) is 11.7 Å². The number of ether oxygens (including phenoxy) is 2. The Morgan fingerprint density at radius 2 is 1.87 bits per heavy atom. The number of carbonyl (C=O) groups excluding carboxylic acids is 2. The van der Waals surface area contributed by atoms with Crippen LogP contribution in [0, 0.1) is 6.92 Å². The van der Waals surface area contributed by atoms with Crippen molar-refractivity contribution in [1.29, 1.82) is 0 Å². The van der Waals surface area contributed by atoms with Crippen LogP contribution in [0.25, 0.3) is 10.2 Å². The molecule has 2 aromatic heterocycles. The van der Waals surface area contributed by atoms with Crippen LogP contribution >= 0.6 is 11.3 Å². The van der Waals surface area contributed by atoms with E-state index in [1.165, 1.54) is 10.9 Å². The van der Waals surface area contributed by atoms with Gasteiger partial charge in [-0.2, -0.15) is 0 Å². The number of carbonyl (C=O) groups is 2. The van der Waals surface area contributed by atoms with Crippen LogP contribution in [0.3, 0.4) is 0 Å². The Bertz CT molecular complexity index is 1150. The highest BCUT2D eigenvalue weighted by Crippen LogP contribution is 2.27. The lowest BCUT2D eigenvalue weighted by atomic mass is 10.2. The molecular weight excluding hydrogens is 418 g/mol. The van der Waals surface area contributed by atoms with Crippen molar-refractivity contribution in [3.8, 4) is 5.75 Å². The molecule has 4 rings (SSSR count). The van der Waals surface area contributed by atoms with Crippen molar-refractivity contribution in [2.45, 2.75) is 26.3 Å². The lowest BCUT2D eigenvalue weighted by molar-refractivity contribution is -0.130. The van der Waals surface area contributed by atoms with Gasteiger partial charge in [0.15, 0.2) is 0 Å². The lowest BCUT2D eigenvalue weighted by Crippen LogP contribution is -2.34. The largest absolute Gasteiger partial charge is 0.490 e. The van der Waals surface area contributed by atoms with E-state index in [0.29, 0.717) is 26.4 Å². The molecule has 1 aromatic carbocycles. The fourth-order valence-corrected chi connectivity index (χ4v) is 4.59. The molecule has 1 aliphatic rings. The van der Waals surface area contributed by atoms with Gasteiger partial charge >= 0.3 is 5.97 Å². The molecule has 1 fully saturated rings. The summed E-state index contributed by atoms with van der Waals surface area (Å²) in [6, 6.07) is 9.26. The summed E-state index contributed by atoms with van der Waals surface area (Å²) in [5.74, 6) is 0.0905. The number of rotatable bonds is 7. The zero-order chi connectivity index (χ0) is 21.8. The average Bonchev–Trinajstić information content (AvgIpc) is 3.43. The van der Waals surface area contributed by atoms with Crippen molar-refractivity contribution >= 4 is 33.4 Å². The number of esters is 1. The maximum absolute atomic E-state index is 12.9. The molecule has 1 amide bonds. The van der Waals surface area contributed by atoms with Gasteiger partial charge in [0.1, 0.15) is 35.2 Å². The van der Waals surface area contributed by atoms with Gasteiger partial charge in [0.2, 0.25) is 5.91 Å². The molecule has 1 aliphatic heterocycles. The van der Waals surface area contributed by atoms with Crippen molar-refractivity contribution in [2.75, 3.05) is 26.3 Å². The van der Waals surface area contributed by atoms with Crippen molar-refractivity contribution in [2.24, 2.45) is 0 Å². The van der Waals surface area contributed by atoms with Gasteiger partial charge in [-0.3, -0.25) is 14.2 Å². The van der Waals surface area contributed by atoms with E-state index in [0.717, 1.165) is 37.3 Å². The minimum absolute atomic E-state index is 0.0480. The van der Waals surface area contributed by atoms with Crippen LogP contribution < -0.4 is 10.3 Å². The molecular formula is C22H23N3O5S. The Balaban J connectivity index is 1.44. The Hall–Kier alpha value is -3.20. The molecule has 0 atom stereocenters. The number of amides is 1. The van der Waals surface area contributed by atoms with Crippen LogP contribution in [0.4, 0.5) is 0 Å². The van der Waals surface area contributed by atoms with Crippen molar-refractivity contribution in [1.82, 2.24) is 14.5 Å². The van der Waals surface area contributed by atoms with Gasteiger partial charge in [-0.15, -0.1) is 11.3 Å². The third-order valence-corrected chi connectivity index (χ3v) is 6.38. The predicted molar refractivity (Wildman–Crippen MR) is 117 cm³/mol. The third-order valence-electron chi connectivity index (χ3n) is 5.20. The third kappa shape index (κ3) is 4.61. The molecule has 0 saturated carbocycles. The van der Waals surface area contributed by atoms with Gasteiger partial charge in [0.25, 0.3) is 5.56 Å². The molecule has 0 aliphatic carbocycles. The predicted octanol–water partition coefficient (Wildman–Crippen LogP) is 2.62. The van der Waals surface area contributed by atoms with E-state index in [1.54, 1.807) is 11.8 Å². The highest BCUT2D eigenvalue weighted by Gasteiger charge is 2.23. The number of hydrogen-bond donors (Lipinski definition) is 0. The lowest BCUT2D eigenvalue weighted by Gasteiger charge is -2.15. The monoisotopic (exact) mass is 441 g/mol. The van der Waals surface area contributed by atoms with E-state index in [2.05, 4.69) is 4.98 Å². The van der Waals surface area contributed by atoms with E-state index in [4.69, 9.17) is 9.47 Å². The summed E-state index contributed by atoms with van der Waals surface area (Å²) in [6.07, 6.45) is 3.35. The molecule has 0 radical (unpaired) electrons. The van der Waals surface area contributed by atoms with E-state index < -0.39 is 5.97 Å². The number of hydrogen-bond acceptors (Lipinski definition) is 7. The van der Waals surface area contributed by atoms with E-state index >= 15 is 0 Å². The molecule has 9 heteroatoms. The van der Waals surface area contributed by atoms with Crippen LogP contribution in [0.1, 0.15) is 28.1 Å². The van der Waals surface area contributed by atoms with Crippen LogP contribution in [-0.4, -0.2) is 52.6 Å². The summed E-state index contributed by atoms with van der Waals surface area (Å²) in [7, 11) is 0. The SMILES string of the molecule is Cc1c(C(=O)OCCOc2ccccc2)sc2ncn(CC(=O)N3CCCC3)c(=O)c12. The van der Waals surface area contributed by atoms with Crippen molar-refractivity contribution in [3.63, 3.8) is 0 Å². The number of fused-ring (bicyclic) bond motifs is 1. The highest BCUT2D eigenvalue weighted by atomic mass is 32.1. The fraction of sp³-hybridized carbons (Fsp3) is 0.364. The number of para-hydroxylation sites is 1. The van der Waals surface area contributed by atoms with Gasteiger partial charge < -0.3 is 14.4 Å². The molecule has 3 aromatic rings. The van der Waals surface area contributed by atoms with Crippen molar-refractivity contribution < 1.29 is 19.1 Å². The van der Waals surface area contributed by atoms with Gasteiger partial charge in [-0.05, 0) is 37.5 Å². The summed E-state index contributed by atoms with van der Waals surface area (Å²) in [5, 5.41) is 0.356. The molecule has 0 spiro atoms. The first-order valence-corrected chi connectivity index (χ1v) is 11.0. The number of benzene rings is 1. The number of aromatic nitrogens is 2. The Labute approximate surface area is 183 Å². The molecule has 8 nitrogen and oxygen atoms in total. The maximum atomic E-state index is 12.9. The second-order valence-corrected chi connectivity index (χ2v) is 8.30. The smallest absolute Gasteiger partial charge is 0.348 e. The summed E-state index contributed by atoms with van der Waals surface area (Å²) in [6.45, 7) is 3.42. The first-order chi connectivity index (χ1) is 15.0. The first-order valence-electron chi connectivity index (χ1n) is 10.2. The quantitative estimate of drug-likeness (QED) is 0.414. The zero-order valence-electron chi connectivity index (χ0n) is 17.2. The summed E-state index contributed by atoms with van der Waals surface area (Å²) < 4.78 is 12.1. The highest BCUT2D eigenvalue weighted by molar-refractivity contribution is 7.20. The minimum atomic E-state index is -0.517. The second-order valence-electron chi connectivity index (χ2n) is 7.30. The molecule has 162 valence electrons. The molecule has 0 bridgehead atoms. The van der Waals surface area contributed by atoms with Gasteiger partial charge in [0, 0.05) is 13.1 Å². The summed E-state index contributed by atoms with van der Waals surface area (Å²) in [5.41, 5.74) is 0.201. The molecule has 0 N–H and O–H groups in total. The number of nitrogens with zero attached hydrogens (tertiary/aromatic N) is 3. The number of aryl methyl sites for hydroxylation is 1. The van der Waals surface area contributed by atoms with Gasteiger partial charge in [-0.1, -0.05) is 18.2 Å². The summed E-state index contributed by atoms with van der Waals surface area (Å²) in [4.78, 5) is 44.7. The van der Waals surface area contributed by atoms with E-state index in [-0.39, 0.29) is 31.2 Å². The van der Waals surface area contributed by atoms with Crippen LogP contribution in [-0.2, 0) is 16.1 Å². The topological polar surface area (TPSA) is 90.7 Å². The fourth-order valence-electron chi connectivity index (χ4n) is 3.55. The maximum Gasteiger partial charge on any atom is 0.348 e. The normalized spacial score (nSPS) is 13.5. The zero-order valence-corrected chi connectivity index (χ0v) is 18.0.